The van der Waals surface area contributed by atoms with Gasteiger partial charge in [-0.15, -0.1) is 31.7 Å². The highest BCUT2D eigenvalue weighted by atomic mass is 32.2. The summed E-state index contributed by atoms with van der Waals surface area (Å²) < 4.78 is 7.86. The van der Waals surface area contributed by atoms with Crippen LogP contribution in [0.5, 0.6) is 0 Å². The molecule has 1 aliphatic carbocycles. The lowest BCUT2D eigenvalue weighted by atomic mass is 9.87. The van der Waals surface area contributed by atoms with E-state index in [-0.39, 0.29) is 0 Å². The van der Waals surface area contributed by atoms with E-state index in [1.807, 2.05) is 48.7 Å². The molecule has 154 valence electrons. The third-order valence-corrected chi connectivity index (χ3v) is 7.87. The maximum atomic E-state index is 5.80. The first-order valence-corrected chi connectivity index (χ1v) is 12.0. The summed E-state index contributed by atoms with van der Waals surface area (Å²) in [5.74, 6) is 3.44. The van der Waals surface area contributed by atoms with Crippen molar-refractivity contribution in [3.8, 4) is 22.2 Å². The second-order valence-electron chi connectivity index (χ2n) is 7.60. The lowest BCUT2D eigenvalue weighted by molar-refractivity contribution is 0.449. The van der Waals surface area contributed by atoms with Gasteiger partial charge in [0.1, 0.15) is 0 Å². The van der Waals surface area contributed by atoms with Gasteiger partial charge in [-0.3, -0.25) is 0 Å². The molecule has 1 atom stereocenters. The molecular weight excluding hydrogens is 414 g/mol. The predicted octanol–water partition coefficient (Wildman–Crippen LogP) is 5.40. The van der Waals surface area contributed by atoms with Crippen LogP contribution in [0.4, 0.5) is 0 Å². The van der Waals surface area contributed by atoms with E-state index in [1.54, 1.807) is 11.8 Å². The van der Waals surface area contributed by atoms with Crippen LogP contribution in [0.2, 0.25) is 0 Å². The first-order valence-electron chi connectivity index (χ1n) is 10.2. The van der Waals surface area contributed by atoms with E-state index in [2.05, 4.69) is 38.0 Å². The highest BCUT2D eigenvalue weighted by molar-refractivity contribution is 7.98. The van der Waals surface area contributed by atoms with E-state index in [4.69, 9.17) is 4.42 Å². The Morgan fingerprint density at radius 3 is 2.87 bits per heavy atom. The molecular formula is C22H23N5OS2. The number of thioether (sulfide) groups is 1. The molecule has 1 unspecified atom stereocenters. The number of fused-ring (bicyclic) bond motifs is 1. The van der Waals surface area contributed by atoms with Crippen LogP contribution in [0.25, 0.3) is 22.2 Å². The average Bonchev–Trinajstić information content (AvgIpc) is 3.50. The van der Waals surface area contributed by atoms with Crippen molar-refractivity contribution in [2.45, 2.75) is 43.5 Å². The number of benzene rings is 1. The molecule has 8 heteroatoms. The molecule has 6 nitrogen and oxygen atoms in total. The molecule has 1 aromatic carbocycles. The van der Waals surface area contributed by atoms with Crippen molar-refractivity contribution >= 4 is 23.1 Å². The maximum absolute atomic E-state index is 5.80. The topological polar surface area (TPSA) is 69.6 Å². The summed E-state index contributed by atoms with van der Waals surface area (Å²) in [6.45, 7) is 2.29. The molecule has 0 saturated carbocycles. The van der Waals surface area contributed by atoms with Crippen molar-refractivity contribution in [2.24, 2.45) is 13.0 Å². The molecule has 0 bridgehead atoms. The van der Waals surface area contributed by atoms with Crippen molar-refractivity contribution in [3.05, 3.63) is 52.7 Å². The molecule has 0 spiro atoms. The number of hydrogen-bond acceptors (Lipinski definition) is 7. The summed E-state index contributed by atoms with van der Waals surface area (Å²) in [6, 6.07) is 12.1. The van der Waals surface area contributed by atoms with Gasteiger partial charge in [0.25, 0.3) is 0 Å². The summed E-state index contributed by atoms with van der Waals surface area (Å²) in [6.07, 6.45) is 4.96. The molecule has 0 fully saturated rings. The number of aromatic nitrogens is 5. The molecule has 0 radical (unpaired) electrons. The van der Waals surface area contributed by atoms with Gasteiger partial charge >= 0.3 is 0 Å². The molecule has 0 N–H and O–H groups in total. The first-order chi connectivity index (χ1) is 14.7. The van der Waals surface area contributed by atoms with Crippen molar-refractivity contribution in [2.75, 3.05) is 0 Å². The minimum atomic E-state index is 0.541. The SMILES string of the molecule is CCC1CCc2sc(-c3nnc(SCc4nnc(-c5ccccc5)o4)n3C)cc2C1. The Balaban J connectivity index is 1.29. The predicted molar refractivity (Wildman–Crippen MR) is 119 cm³/mol. The van der Waals surface area contributed by atoms with E-state index in [1.165, 1.54) is 41.0 Å². The fourth-order valence-corrected chi connectivity index (χ4v) is 5.83. The summed E-state index contributed by atoms with van der Waals surface area (Å²) in [4.78, 5) is 2.73. The minimum Gasteiger partial charge on any atom is -0.420 e. The number of hydrogen-bond donors (Lipinski definition) is 0. The maximum Gasteiger partial charge on any atom is 0.247 e. The van der Waals surface area contributed by atoms with Gasteiger partial charge in [-0.1, -0.05) is 43.3 Å². The van der Waals surface area contributed by atoms with Crippen LogP contribution in [0, 0.1) is 5.92 Å². The van der Waals surface area contributed by atoms with Crippen molar-refractivity contribution in [1.82, 2.24) is 25.0 Å². The second kappa shape index (κ2) is 8.35. The molecule has 5 rings (SSSR count). The lowest BCUT2D eigenvalue weighted by Gasteiger charge is -2.19. The van der Waals surface area contributed by atoms with E-state index in [9.17, 15) is 0 Å². The Bertz CT molecular complexity index is 1150. The quantitative estimate of drug-likeness (QED) is 0.376. The van der Waals surface area contributed by atoms with Crippen LogP contribution in [-0.4, -0.2) is 25.0 Å². The fourth-order valence-electron chi connectivity index (χ4n) is 3.85. The standard InChI is InChI=1S/C22H23N5OS2/c1-3-14-9-10-17-16(11-14)12-18(30-17)20-24-26-22(27(20)2)29-13-19-23-25-21(28-19)15-7-5-4-6-8-15/h4-8,12,14H,3,9-11,13H2,1-2H3. The summed E-state index contributed by atoms with van der Waals surface area (Å²) in [7, 11) is 2.02. The van der Waals surface area contributed by atoms with Gasteiger partial charge in [-0.2, -0.15) is 0 Å². The molecule has 0 amide bonds. The van der Waals surface area contributed by atoms with Crippen LogP contribution in [0.15, 0.2) is 46.0 Å². The highest BCUT2D eigenvalue weighted by Crippen LogP contribution is 2.38. The fraction of sp³-hybridized carbons (Fsp3) is 0.364. The number of thiophene rings is 1. The van der Waals surface area contributed by atoms with Gasteiger partial charge in [-0.05, 0) is 48.9 Å². The van der Waals surface area contributed by atoms with Gasteiger partial charge in [0, 0.05) is 17.5 Å². The Kier molecular flexibility index (Phi) is 5.43. The van der Waals surface area contributed by atoms with Gasteiger partial charge in [0.05, 0.1) is 10.6 Å². The Morgan fingerprint density at radius 1 is 1.17 bits per heavy atom. The summed E-state index contributed by atoms with van der Waals surface area (Å²) in [5, 5.41) is 18.0. The van der Waals surface area contributed by atoms with E-state index < -0.39 is 0 Å². The van der Waals surface area contributed by atoms with E-state index >= 15 is 0 Å². The molecule has 0 saturated heterocycles. The average molecular weight is 438 g/mol. The molecule has 4 aromatic rings. The molecule has 3 aromatic heterocycles. The molecule has 3 heterocycles. The third-order valence-electron chi connectivity index (χ3n) is 5.63. The number of aryl methyl sites for hydroxylation is 1. The highest BCUT2D eigenvalue weighted by Gasteiger charge is 2.22. The largest absolute Gasteiger partial charge is 0.420 e. The van der Waals surface area contributed by atoms with Gasteiger partial charge < -0.3 is 8.98 Å². The van der Waals surface area contributed by atoms with E-state index in [0.717, 1.165) is 22.5 Å². The van der Waals surface area contributed by atoms with Crippen molar-refractivity contribution in [1.29, 1.82) is 0 Å². The number of rotatable bonds is 6. The van der Waals surface area contributed by atoms with Crippen LogP contribution in [0.3, 0.4) is 0 Å². The second-order valence-corrected chi connectivity index (χ2v) is 9.68. The van der Waals surface area contributed by atoms with Gasteiger partial charge in [0.2, 0.25) is 11.8 Å². The van der Waals surface area contributed by atoms with Crippen LogP contribution in [-0.2, 0) is 25.6 Å². The normalized spacial score (nSPS) is 16.0. The monoisotopic (exact) mass is 437 g/mol. The van der Waals surface area contributed by atoms with E-state index in [0.29, 0.717) is 17.5 Å². The summed E-state index contributed by atoms with van der Waals surface area (Å²) >= 11 is 3.43. The molecule has 1 aliphatic rings. The Hall–Kier alpha value is -2.45. The van der Waals surface area contributed by atoms with Crippen LogP contribution < -0.4 is 0 Å². The van der Waals surface area contributed by atoms with Gasteiger partial charge in [0.15, 0.2) is 11.0 Å². The van der Waals surface area contributed by atoms with Crippen molar-refractivity contribution < 1.29 is 4.42 Å². The first kappa shape index (κ1) is 19.5. The minimum absolute atomic E-state index is 0.541. The molecule has 30 heavy (non-hydrogen) atoms. The summed E-state index contributed by atoms with van der Waals surface area (Å²) in [5.41, 5.74) is 2.43. The number of nitrogens with zero attached hydrogens (tertiary/aromatic N) is 5. The lowest BCUT2D eigenvalue weighted by Crippen LogP contribution is -2.10. The zero-order valence-corrected chi connectivity index (χ0v) is 18.7. The zero-order valence-electron chi connectivity index (χ0n) is 17.0. The van der Waals surface area contributed by atoms with Crippen LogP contribution >= 0.6 is 23.1 Å². The zero-order chi connectivity index (χ0) is 20.5. The Labute approximate surface area is 183 Å². The van der Waals surface area contributed by atoms with Crippen molar-refractivity contribution in [3.63, 3.8) is 0 Å². The smallest absolute Gasteiger partial charge is 0.247 e. The van der Waals surface area contributed by atoms with Crippen LogP contribution in [0.1, 0.15) is 36.1 Å². The third kappa shape index (κ3) is 3.81. The molecule has 0 aliphatic heterocycles. The van der Waals surface area contributed by atoms with Gasteiger partial charge in [-0.25, -0.2) is 0 Å². The Morgan fingerprint density at radius 2 is 2.03 bits per heavy atom.